The van der Waals surface area contributed by atoms with Gasteiger partial charge in [0.25, 0.3) is 0 Å². The summed E-state index contributed by atoms with van der Waals surface area (Å²) < 4.78 is 4.58. The van der Waals surface area contributed by atoms with Crippen molar-refractivity contribution in [3.63, 3.8) is 0 Å². The lowest BCUT2D eigenvalue weighted by molar-refractivity contribution is -0.146. The molecule has 0 radical (unpaired) electrons. The van der Waals surface area contributed by atoms with Crippen molar-refractivity contribution in [2.75, 3.05) is 13.2 Å². The first-order valence-electron chi connectivity index (χ1n) is 4.04. The number of aliphatic hydroxyl groups excluding tert-OH is 1. The molecule has 0 aromatic heterocycles. The van der Waals surface area contributed by atoms with Crippen LogP contribution in [0.15, 0.2) is 12.7 Å². The van der Waals surface area contributed by atoms with Gasteiger partial charge in [0.05, 0.1) is 13.0 Å². The molecule has 74 valence electrons. The zero-order valence-electron chi connectivity index (χ0n) is 7.66. The van der Waals surface area contributed by atoms with Crippen molar-refractivity contribution < 1.29 is 19.4 Å². The maximum absolute atomic E-state index is 10.9. The number of esters is 1. The second-order valence-electron chi connectivity index (χ2n) is 2.66. The van der Waals surface area contributed by atoms with Crippen LogP contribution >= 0.6 is 0 Å². The van der Waals surface area contributed by atoms with E-state index in [-0.39, 0.29) is 25.4 Å². The van der Waals surface area contributed by atoms with E-state index < -0.39 is 11.9 Å². The average molecular weight is 186 g/mol. The largest absolute Gasteiger partial charge is 0.463 e. The van der Waals surface area contributed by atoms with Gasteiger partial charge >= 0.3 is 5.97 Å². The van der Waals surface area contributed by atoms with Gasteiger partial charge < -0.3 is 9.84 Å². The molecule has 0 rings (SSSR count). The lowest BCUT2D eigenvalue weighted by Crippen LogP contribution is -2.16. The van der Waals surface area contributed by atoms with E-state index in [9.17, 15) is 9.59 Å². The third kappa shape index (κ3) is 5.14. The Bertz CT molecular complexity index is 198. The summed E-state index contributed by atoms with van der Waals surface area (Å²) in [5, 5.41) is 8.34. The molecular weight excluding hydrogens is 172 g/mol. The first kappa shape index (κ1) is 11.8. The van der Waals surface area contributed by atoms with E-state index in [1.165, 1.54) is 6.08 Å². The third-order valence-electron chi connectivity index (χ3n) is 1.51. The van der Waals surface area contributed by atoms with E-state index in [4.69, 9.17) is 5.11 Å². The van der Waals surface area contributed by atoms with Gasteiger partial charge in [-0.3, -0.25) is 9.59 Å². The summed E-state index contributed by atoms with van der Waals surface area (Å²) in [6.07, 6.45) is 1.22. The number of allylic oxidation sites excluding steroid dienone is 1. The Morgan fingerprint density at radius 2 is 2.23 bits per heavy atom. The number of ether oxygens (including phenoxy) is 1. The predicted molar refractivity (Wildman–Crippen MR) is 47.0 cm³/mol. The number of aliphatic hydroxyl groups is 1. The lowest BCUT2D eigenvalue weighted by Gasteiger charge is -2.06. The second kappa shape index (κ2) is 6.37. The van der Waals surface area contributed by atoms with Crippen LogP contribution < -0.4 is 0 Å². The number of ketones is 1. The first-order chi connectivity index (χ1) is 6.11. The Hall–Kier alpha value is -1.16. The molecule has 0 aromatic carbocycles. The van der Waals surface area contributed by atoms with E-state index in [2.05, 4.69) is 11.3 Å². The SMILES string of the molecule is C=CC(=O)C(C)CC(=O)OCCO. The molecule has 1 N–H and O–H groups in total. The number of carbonyl (C=O) groups excluding carboxylic acids is 2. The van der Waals surface area contributed by atoms with Crippen LogP contribution in [-0.4, -0.2) is 30.1 Å². The summed E-state index contributed by atoms with van der Waals surface area (Å²) in [5.74, 6) is -1.05. The molecule has 1 atom stereocenters. The highest BCUT2D eigenvalue weighted by molar-refractivity contribution is 5.93. The van der Waals surface area contributed by atoms with E-state index in [0.717, 1.165) is 0 Å². The standard InChI is InChI=1S/C9H14O4/c1-3-8(11)7(2)6-9(12)13-5-4-10/h3,7,10H,1,4-6H2,2H3. The molecule has 0 aliphatic carbocycles. The van der Waals surface area contributed by atoms with Gasteiger partial charge in [-0.1, -0.05) is 13.5 Å². The van der Waals surface area contributed by atoms with Crippen molar-refractivity contribution in [3.8, 4) is 0 Å². The van der Waals surface area contributed by atoms with Gasteiger partial charge in [-0.15, -0.1) is 0 Å². The highest BCUT2D eigenvalue weighted by Gasteiger charge is 2.14. The van der Waals surface area contributed by atoms with Gasteiger partial charge in [-0.2, -0.15) is 0 Å². The minimum Gasteiger partial charge on any atom is -0.463 e. The monoisotopic (exact) mass is 186 g/mol. The molecule has 0 aliphatic heterocycles. The molecule has 0 heterocycles. The molecule has 13 heavy (non-hydrogen) atoms. The van der Waals surface area contributed by atoms with E-state index in [0.29, 0.717) is 0 Å². The molecule has 0 fully saturated rings. The topological polar surface area (TPSA) is 63.6 Å². The Morgan fingerprint density at radius 3 is 2.69 bits per heavy atom. The zero-order valence-corrected chi connectivity index (χ0v) is 7.66. The molecule has 1 unspecified atom stereocenters. The minimum atomic E-state index is -0.475. The lowest BCUT2D eigenvalue weighted by atomic mass is 10.0. The third-order valence-corrected chi connectivity index (χ3v) is 1.51. The number of carbonyl (C=O) groups is 2. The first-order valence-corrected chi connectivity index (χ1v) is 4.04. The maximum Gasteiger partial charge on any atom is 0.306 e. The smallest absolute Gasteiger partial charge is 0.306 e. The van der Waals surface area contributed by atoms with Gasteiger partial charge in [0, 0.05) is 5.92 Å². The van der Waals surface area contributed by atoms with Crippen molar-refractivity contribution in [2.24, 2.45) is 5.92 Å². The van der Waals surface area contributed by atoms with E-state index in [1.54, 1.807) is 6.92 Å². The summed E-state index contributed by atoms with van der Waals surface area (Å²) >= 11 is 0. The predicted octanol–water partition coefficient (Wildman–Crippen LogP) is 0.303. The molecule has 4 heteroatoms. The number of hydrogen-bond acceptors (Lipinski definition) is 4. The van der Waals surface area contributed by atoms with Crippen molar-refractivity contribution >= 4 is 11.8 Å². The van der Waals surface area contributed by atoms with Crippen molar-refractivity contribution in [1.82, 2.24) is 0 Å². The highest BCUT2D eigenvalue weighted by Crippen LogP contribution is 2.05. The average Bonchev–Trinajstić information content (AvgIpc) is 2.13. The van der Waals surface area contributed by atoms with Crippen LogP contribution in [-0.2, 0) is 14.3 Å². The fourth-order valence-corrected chi connectivity index (χ4v) is 0.770. The molecule has 0 saturated carbocycles. The summed E-state index contributed by atoms with van der Waals surface area (Å²) in [6.45, 7) is 4.72. The van der Waals surface area contributed by atoms with Crippen molar-refractivity contribution in [2.45, 2.75) is 13.3 Å². The van der Waals surface area contributed by atoms with Crippen molar-refractivity contribution in [3.05, 3.63) is 12.7 Å². The second-order valence-corrected chi connectivity index (χ2v) is 2.66. The summed E-state index contributed by atoms with van der Waals surface area (Å²) in [6, 6.07) is 0. The summed E-state index contributed by atoms with van der Waals surface area (Å²) in [4.78, 5) is 21.9. The summed E-state index contributed by atoms with van der Waals surface area (Å²) in [5.41, 5.74) is 0. The van der Waals surface area contributed by atoms with Gasteiger partial charge in [-0.05, 0) is 6.08 Å². The van der Waals surface area contributed by atoms with Gasteiger partial charge in [-0.25, -0.2) is 0 Å². The fraction of sp³-hybridized carbons (Fsp3) is 0.556. The molecule has 0 bridgehead atoms. The van der Waals surface area contributed by atoms with Crippen LogP contribution in [0.4, 0.5) is 0 Å². The van der Waals surface area contributed by atoms with Crippen LogP contribution in [0.1, 0.15) is 13.3 Å². The van der Waals surface area contributed by atoms with Gasteiger partial charge in [0.2, 0.25) is 0 Å². The number of rotatable bonds is 6. The van der Waals surface area contributed by atoms with Gasteiger partial charge in [0.15, 0.2) is 5.78 Å². The van der Waals surface area contributed by atoms with Crippen LogP contribution in [0, 0.1) is 5.92 Å². The van der Waals surface area contributed by atoms with Crippen LogP contribution in [0.25, 0.3) is 0 Å². The maximum atomic E-state index is 10.9. The summed E-state index contributed by atoms with van der Waals surface area (Å²) in [7, 11) is 0. The van der Waals surface area contributed by atoms with Gasteiger partial charge in [0.1, 0.15) is 6.61 Å². The van der Waals surface area contributed by atoms with Crippen LogP contribution in [0.2, 0.25) is 0 Å². The minimum absolute atomic E-state index is 0.0200. The van der Waals surface area contributed by atoms with E-state index >= 15 is 0 Å². The zero-order chi connectivity index (χ0) is 10.3. The molecule has 0 aromatic rings. The Kier molecular flexibility index (Phi) is 5.80. The van der Waals surface area contributed by atoms with Crippen molar-refractivity contribution in [1.29, 1.82) is 0 Å². The van der Waals surface area contributed by atoms with Crippen LogP contribution in [0.3, 0.4) is 0 Å². The normalized spacial score (nSPS) is 11.8. The van der Waals surface area contributed by atoms with Crippen LogP contribution in [0.5, 0.6) is 0 Å². The number of hydrogen-bond donors (Lipinski definition) is 1. The highest BCUT2D eigenvalue weighted by atomic mass is 16.5. The molecular formula is C9H14O4. The Morgan fingerprint density at radius 1 is 1.62 bits per heavy atom. The molecule has 0 saturated heterocycles. The fourth-order valence-electron chi connectivity index (χ4n) is 0.770. The Labute approximate surface area is 77.2 Å². The Balaban J connectivity index is 3.77. The molecule has 4 nitrogen and oxygen atoms in total. The quantitative estimate of drug-likeness (QED) is 0.478. The van der Waals surface area contributed by atoms with E-state index in [1.807, 2.05) is 0 Å². The molecule has 0 amide bonds. The molecule has 0 spiro atoms. The molecule has 0 aliphatic rings.